The first-order valence-electron chi connectivity index (χ1n) is 6.99. The second kappa shape index (κ2) is 5.53. The van der Waals surface area contributed by atoms with E-state index in [0.717, 1.165) is 29.8 Å². The molecule has 2 aromatic rings. The van der Waals surface area contributed by atoms with E-state index in [2.05, 4.69) is 39.4 Å². The fraction of sp³-hybridized carbons (Fsp3) is 0.467. The Bertz CT molecular complexity index is 541. The molecule has 0 radical (unpaired) electrons. The molecule has 0 saturated carbocycles. The Kier molecular flexibility index (Phi) is 3.60. The number of rotatable bonds is 2. The van der Waals surface area contributed by atoms with Gasteiger partial charge in [0.2, 0.25) is 0 Å². The summed E-state index contributed by atoms with van der Waals surface area (Å²) in [6.45, 7) is 2.23. The predicted molar refractivity (Wildman–Crippen MR) is 78.4 cm³/mol. The minimum Gasteiger partial charge on any atom is -0.356 e. The molecule has 0 spiro atoms. The Morgan fingerprint density at radius 2 is 2.05 bits per heavy atom. The van der Waals surface area contributed by atoms with Crippen LogP contribution >= 0.6 is 0 Å². The molecule has 4 nitrogen and oxygen atoms in total. The fourth-order valence-electron chi connectivity index (χ4n) is 2.83. The molecule has 1 atom stereocenters. The van der Waals surface area contributed by atoms with E-state index in [0.29, 0.717) is 6.04 Å². The van der Waals surface area contributed by atoms with Crippen LogP contribution in [0.4, 0.5) is 5.82 Å². The van der Waals surface area contributed by atoms with Crippen LogP contribution in [-0.2, 0) is 0 Å². The lowest BCUT2D eigenvalue weighted by Crippen LogP contribution is -2.33. The van der Waals surface area contributed by atoms with Gasteiger partial charge in [0.1, 0.15) is 12.1 Å². The number of hydrogen-bond acceptors (Lipinski definition) is 4. The molecule has 1 unspecified atom stereocenters. The summed E-state index contributed by atoms with van der Waals surface area (Å²) in [6.07, 6.45) is 5.30. The molecule has 0 bridgehead atoms. The van der Waals surface area contributed by atoms with Gasteiger partial charge in [-0.25, -0.2) is 9.97 Å². The Morgan fingerprint density at radius 3 is 3.00 bits per heavy atom. The van der Waals surface area contributed by atoms with Crippen molar-refractivity contribution < 1.29 is 0 Å². The minimum absolute atomic E-state index is 0.563. The Hall–Kier alpha value is -1.68. The molecule has 0 amide bonds. The zero-order chi connectivity index (χ0) is 13.1. The summed E-state index contributed by atoms with van der Waals surface area (Å²) in [4.78, 5) is 11.2. The molecule has 2 heterocycles. The number of nitrogens with one attached hydrogen (secondary N) is 1. The van der Waals surface area contributed by atoms with Gasteiger partial charge >= 0.3 is 0 Å². The molecule has 1 aromatic heterocycles. The van der Waals surface area contributed by atoms with Crippen molar-refractivity contribution in [3.05, 3.63) is 30.6 Å². The summed E-state index contributed by atoms with van der Waals surface area (Å²) in [5.74, 6) is 1.05. The van der Waals surface area contributed by atoms with Gasteiger partial charge in [0.15, 0.2) is 0 Å². The molecule has 1 aliphatic heterocycles. The highest BCUT2D eigenvalue weighted by atomic mass is 15.2. The van der Waals surface area contributed by atoms with E-state index in [-0.39, 0.29) is 0 Å². The highest BCUT2D eigenvalue weighted by Crippen LogP contribution is 2.25. The maximum Gasteiger partial charge on any atom is 0.139 e. The first-order chi connectivity index (χ1) is 9.36. The Morgan fingerprint density at radius 1 is 1.16 bits per heavy atom. The molecule has 3 rings (SSSR count). The van der Waals surface area contributed by atoms with Gasteiger partial charge in [-0.2, -0.15) is 0 Å². The van der Waals surface area contributed by atoms with E-state index >= 15 is 0 Å². The molecule has 1 aliphatic rings. The number of nitrogens with zero attached hydrogens (tertiary/aromatic N) is 3. The quantitative estimate of drug-likeness (QED) is 0.894. The van der Waals surface area contributed by atoms with Crippen molar-refractivity contribution in [3.8, 4) is 0 Å². The van der Waals surface area contributed by atoms with Gasteiger partial charge in [-0.1, -0.05) is 12.1 Å². The monoisotopic (exact) mass is 256 g/mol. The third-order valence-electron chi connectivity index (χ3n) is 3.95. The fourth-order valence-corrected chi connectivity index (χ4v) is 2.83. The number of fused-ring (bicyclic) bond motifs is 1. The van der Waals surface area contributed by atoms with Gasteiger partial charge in [-0.3, -0.25) is 0 Å². The first-order valence-corrected chi connectivity index (χ1v) is 6.99. The van der Waals surface area contributed by atoms with Crippen molar-refractivity contribution in [2.75, 3.05) is 25.0 Å². The van der Waals surface area contributed by atoms with Crippen LogP contribution in [0.2, 0.25) is 0 Å². The zero-order valence-corrected chi connectivity index (χ0v) is 11.3. The van der Waals surface area contributed by atoms with Gasteiger partial charge < -0.3 is 10.2 Å². The molecule has 4 heteroatoms. The van der Waals surface area contributed by atoms with Crippen LogP contribution in [0.15, 0.2) is 30.6 Å². The van der Waals surface area contributed by atoms with Crippen molar-refractivity contribution in [2.24, 2.45) is 0 Å². The van der Waals surface area contributed by atoms with Gasteiger partial charge in [-0.05, 0) is 44.5 Å². The van der Waals surface area contributed by atoms with E-state index in [1.54, 1.807) is 6.33 Å². The Labute approximate surface area is 113 Å². The van der Waals surface area contributed by atoms with Crippen molar-refractivity contribution in [1.82, 2.24) is 15.3 Å². The molecule has 1 aromatic carbocycles. The summed E-state index contributed by atoms with van der Waals surface area (Å²) >= 11 is 0. The van der Waals surface area contributed by atoms with Crippen LogP contribution in [0.25, 0.3) is 10.9 Å². The molecule has 100 valence electrons. The van der Waals surface area contributed by atoms with E-state index in [1.165, 1.54) is 19.3 Å². The minimum atomic E-state index is 0.563. The van der Waals surface area contributed by atoms with E-state index in [4.69, 9.17) is 0 Å². The van der Waals surface area contributed by atoms with Gasteiger partial charge in [0, 0.05) is 18.5 Å². The molecule has 1 N–H and O–H groups in total. The topological polar surface area (TPSA) is 41.1 Å². The average molecular weight is 256 g/mol. The number of anilines is 1. The summed E-state index contributed by atoms with van der Waals surface area (Å²) in [6, 6.07) is 8.79. The van der Waals surface area contributed by atoms with Crippen LogP contribution < -0.4 is 10.2 Å². The first kappa shape index (κ1) is 12.4. The molecule has 0 aliphatic carbocycles. The van der Waals surface area contributed by atoms with Crippen molar-refractivity contribution >= 4 is 16.7 Å². The maximum absolute atomic E-state index is 4.51. The van der Waals surface area contributed by atoms with E-state index in [1.807, 2.05) is 12.1 Å². The largest absolute Gasteiger partial charge is 0.356 e. The lowest BCUT2D eigenvalue weighted by Gasteiger charge is -2.28. The van der Waals surface area contributed by atoms with E-state index < -0.39 is 0 Å². The number of aromatic nitrogens is 2. The van der Waals surface area contributed by atoms with Gasteiger partial charge in [-0.15, -0.1) is 0 Å². The highest BCUT2D eigenvalue weighted by Gasteiger charge is 2.19. The normalized spacial score (nSPS) is 20.2. The maximum atomic E-state index is 4.51. The molecule has 1 saturated heterocycles. The number of hydrogen-bond donors (Lipinski definition) is 1. The molecular weight excluding hydrogens is 236 g/mol. The van der Waals surface area contributed by atoms with Crippen molar-refractivity contribution in [2.45, 2.75) is 25.3 Å². The molecule has 19 heavy (non-hydrogen) atoms. The van der Waals surface area contributed by atoms with E-state index in [9.17, 15) is 0 Å². The van der Waals surface area contributed by atoms with Crippen LogP contribution in [0.5, 0.6) is 0 Å². The van der Waals surface area contributed by atoms with Crippen LogP contribution in [0, 0.1) is 0 Å². The standard InChI is InChI=1S/C15H20N4/c1-19(12-5-4-9-16-10-8-12)15-13-6-2-3-7-14(13)17-11-18-15/h2-3,6-7,11-12,16H,4-5,8-10H2,1H3. The second-order valence-electron chi connectivity index (χ2n) is 5.16. The highest BCUT2D eigenvalue weighted by molar-refractivity contribution is 5.89. The van der Waals surface area contributed by atoms with Crippen LogP contribution in [0.3, 0.4) is 0 Å². The van der Waals surface area contributed by atoms with Crippen molar-refractivity contribution in [3.63, 3.8) is 0 Å². The molecule has 1 fully saturated rings. The molecular formula is C15H20N4. The number of benzene rings is 1. The van der Waals surface area contributed by atoms with Gasteiger partial charge in [0.25, 0.3) is 0 Å². The second-order valence-corrected chi connectivity index (χ2v) is 5.16. The summed E-state index contributed by atoms with van der Waals surface area (Å²) in [5.41, 5.74) is 1.02. The van der Waals surface area contributed by atoms with Crippen molar-refractivity contribution in [1.29, 1.82) is 0 Å². The third kappa shape index (κ3) is 2.54. The zero-order valence-electron chi connectivity index (χ0n) is 11.3. The summed E-state index contributed by atoms with van der Waals surface area (Å²) in [7, 11) is 2.16. The van der Waals surface area contributed by atoms with Gasteiger partial charge in [0.05, 0.1) is 5.52 Å². The predicted octanol–water partition coefficient (Wildman–Crippen LogP) is 2.21. The summed E-state index contributed by atoms with van der Waals surface area (Å²) < 4.78 is 0. The average Bonchev–Trinajstić information content (AvgIpc) is 2.75. The summed E-state index contributed by atoms with van der Waals surface area (Å²) in [5, 5.41) is 4.60. The third-order valence-corrected chi connectivity index (χ3v) is 3.95. The SMILES string of the molecule is CN(c1ncnc2ccccc12)C1CCCNCC1. The Balaban J connectivity index is 1.94. The van der Waals surface area contributed by atoms with Crippen LogP contribution in [-0.4, -0.2) is 36.1 Å². The lowest BCUT2D eigenvalue weighted by atomic mass is 10.1. The van der Waals surface area contributed by atoms with Crippen LogP contribution in [0.1, 0.15) is 19.3 Å². The smallest absolute Gasteiger partial charge is 0.139 e. The number of para-hydroxylation sites is 1. The lowest BCUT2D eigenvalue weighted by molar-refractivity contribution is 0.564.